The molecular weight excluding hydrogens is 1090 g/mol. The molecule has 2 unspecified atom stereocenters. The summed E-state index contributed by atoms with van der Waals surface area (Å²) in [5.41, 5.74) is 5.05. The van der Waals surface area contributed by atoms with Gasteiger partial charge in [0.05, 0.1) is 31.7 Å². The Labute approximate surface area is 448 Å². The number of aromatic amines is 1. The van der Waals surface area contributed by atoms with Crippen LogP contribution in [-0.2, 0) is 46.9 Å². The number of unbranched alkanes of at least 4 members (excludes halogenated alkanes) is 7. The molecule has 6 heterocycles. The minimum absolute atomic E-state index is 0.0153. The molecule has 77 heavy (non-hydrogen) atoms. The Morgan fingerprint density at radius 2 is 1.42 bits per heavy atom. The van der Waals surface area contributed by atoms with Crippen molar-refractivity contribution in [3.63, 3.8) is 0 Å². The van der Waals surface area contributed by atoms with Gasteiger partial charge in [-0.3, -0.25) is 37.0 Å². The van der Waals surface area contributed by atoms with E-state index in [0.717, 1.165) is 55.4 Å². The average molecular weight is 1150 g/mol. The van der Waals surface area contributed by atoms with Crippen molar-refractivity contribution in [1.29, 1.82) is 0 Å². The first-order valence-corrected chi connectivity index (χ1v) is 32.9. The molecule has 5 aromatic rings. The van der Waals surface area contributed by atoms with Crippen LogP contribution < -0.4 is 26.5 Å². The average Bonchev–Trinajstić information content (AvgIpc) is 4.04. The fourth-order valence-electron chi connectivity index (χ4n) is 8.46. The van der Waals surface area contributed by atoms with Gasteiger partial charge in [0, 0.05) is 24.6 Å². The first-order chi connectivity index (χ1) is 36.6. The van der Waals surface area contributed by atoms with E-state index in [1.54, 1.807) is 36.4 Å². The third kappa shape index (κ3) is 14.8. The molecule has 0 saturated carbocycles. The second-order valence-corrected chi connectivity index (χ2v) is 30.6. The number of esters is 1. The zero-order valence-corrected chi connectivity index (χ0v) is 46.9. The second kappa shape index (κ2) is 25.2. The smallest absolute Gasteiger partial charge is 0.472 e. The highest BCUT2D eigenvalue weighted by atomic mass is 32.7. The number of carbonyl (C=O) groups excluding carboxylic acids is 1. The van der Waals surface area contributed by atoms with Gasteiger partial charge < -0.3 is 34.0 Å². The van der Waals surface area contributed by atoms with Crippen LogP contribution in [0.1, 0.15) is 101 Å². The minimum Gasteiger partial charge on any atom is -0.565 e. The number of H-pyrrole nitrogens is 1. The van der Waals surface area contributed by atoms with Crippen molar-refractivity contribution in [2.45, 2.75) is 145 Å². The number of anilines is 1. The summed E-state index contributed by atoms with van der Waals surface area (Å²) in [5.74, 6) is 0.0715. The Morgan fingerprint density at radius 1 is 0.818 bits per heavy atom. The molecule has 0 aliphatic carbocycles. The molecule has 3 saturated heterocycles. The molecule has 3 aromatic heterocycles. The number of phosphoric ester groups is 1. The van der Waals surface area contributed by atoms with E-state index in [1.165, 1.54) is 44.1 Å². The van der Waals surface area contributed by atoms with E-state index in [0.29, 0.717) is 39.4 Å². The van der Waals surface area contributed by atoms with Gasteiger partial charge in [-0.15, -0.1) is 18.1 Å². The van der Waals surface area contributed by atoms with Gasteiger partial charge in [-0.05, 0) is 74.5 Å². The molecule has 8 rings (SSSR count). The number of nitrogens with zero attached hydrogens (tertiary/aromatic N) is 5. The fourth-order valence-corrected chi connectivity index (χ4v) is 13.9. The van der Waals surface area contributed by atoms with E-state index in [9.17, 15) is 28.4 Å². The van der Waals surface area contributed by atoms with E-state index in [2.05, 4.69) is 48.8 Å². The van der Waals surface area contributed by atoms with Crippen LogP contribution in [0.5, 0.6) is 11.5 Å². The maximum Gasteiger partial charge on any atom is 0.472 e. The van der Waals surface area contributed by atoms with Crippen LogP contribution in [0.3, 0.4) is 0 Å². The lowest BCUT2D eigenvalue weighted by Gasteiger charge is -2.48. The van der Waals surface area contributed by atoms with Crippen LogP contribution in [0.4, 0.5) is 14.6 Å². The van der Waals surface area contributed by atoms with Gasteiger partial charge in [0.2, 0.25) is 0 Å². The van der Waals surface area contributed by atoms with Gasteiger partial charge in [-0.25, -0.2) is 42.5 Å². The maximum atomic E-state index is 16.6. The van der Waals surface area contributed by atoms with Crippen molar-refractivity contribution in [2.75, 3.05) is 32.2 Å². The third-order valence-electron chi connectivity index (χ3n) is 13.8. The van der Waals surface area contributed by atoms with Crippen molar-refractivity contribution in [3.8, 4) is 11.5 Å². The first kappa shape index (κ1) is 58.5. The number of phosphoric acid groups is 1. The Hall–Kier alpha value is -4.69. The molecule has 10 atom stereocenters. The number of alkyl halides is 2. The number of nitrogen functional groups attached to an aromatic ring is 1. The van der Waals surface area contributed by atoms with E-state index in [4.69, 9.17) is 47.2 Å². The number of hydrogen-bond donors (Lipinski definition) is 3. The van der Waals surface area contributed by atoms with Crippen molar-refractivity contribution in [1.82, 2.24) is 29.1 Å². The lowest BCUT2D eigenvalue weighted by molar-refractivity contribution is -0.0619. The molecule has 0 spiro atoms. The zero-order chi connectivity index (χ0) is 55.1. The van der Waals surface area contributed by atoms with Crippen molar-refractivity contribution < 1.29 is 69.1 Å². The van der Waals surface area contributed by atoms with Crippen LogP contribution in [0.15, 0.2) is 83.0 Å². The number of carbonyl (C=O) groups is 1. The zero-order valence-electron chi connectivity index (χ0n) is 43.3. The highest BCUT2D eigenvalue weighted by Crippen LogP contribution is 2.65. The van der Waals surface area contributed by atoms with E-state index >= 15 is 8.78 Å². The number of imidazole rings is 1. The summed E-state index contributed by atoms with van der Waals surface area (Å²) >= 11 is 0.595. The molecule has 3 fully saturated rings. The minimum atomic E-state index is -5.25. The number of fused-ring (bicyclic) bond motifs is 3. The van der Waals surface area contributed by atoms with Crippen LogP contribution in [0.25, 0.3) is 11.2 Å². The van der Waals surface area contributed by atoms with Crippen LogP contribution in [0, 0.1) is 0 Å². The van der Waals surface area contributed by atoms with Crippen LogP contribution >= 0.6 is 26.0 Å². The highest BCUT2D eigenvalue weighted by Gasteiger charge is 2.55. The highest BCUT2D eigenvalue weighted by molar-refractivity contribution is 8.54. The van der Waals surface area contributed by atoms with Gasteiger partial charge in [0.1, 0.15) is 47.8 Å². The molecule has 3 aliphatic heterocycles. The molecule has 0 radical (unpaired) electrons. The predicted octanol–water partition coefficient (Wildman–Crippen LogP) is 9.13. The lowest BCUT2D eigenvalue weighted by Crippen LogP contribution is -2.40. The van der Waals surface area contributed by atoms with E-state index < -0.39 is 103 Å². The largest absolute Gasteiger partial charge is 0.565 e. The topological polar surface area (TPSA) is 279 Å². The number of ether oxygens (including phenoxy) is 4. The van der Waals surface area contributed by atoms with Gasteiger partial charge in [-0.2, -0.15) is 0 Å². The summed E-state index contributed by atoms with van der Waals surface area (Å²) in [4.78, 5) is 62.6. The molecule has 4 N–H and O–H groups in total. The molecular formula is C49H65F2N7O15P2SSi-. The quantitative estimate of drug-likeness (QED) is 0.0215. The predicted molar refractivity (Wildman–Crippen MR) is 282 cm³/mol. The number of benzene rings is 2. The summed E-state index contributed by atoms with van der Waals surface area (Å²) in [7, 11) is -6.92. The number of halogens is 2. The molecule has 0 amide bonds. The van der Waals surface area contributed by atoms with Crippen molar-refractivity contribution in [3.05, 3.63) is 105 Å². The third-order valence-corrected chi connectivity index (χ3v) is 23.0. The fraction of sp³-hybridized carbons (Fsp3) is 0.551. The number of hydrogen-bond acceptors (Lipinski definition) is 19. The number of rotatable bonds is 20. The Balaban J connectivity index is 0.862. The van der Waals surface area contributed by atoms with Gasteiger partial charge in [0.25, 0.3) is 5.56 Å². The molecule has 421 valence electrons. The summed E-state index contributed by atoms with van der Waals surface area (Å²) in [6.07, 6.45) is -2.74. The van der Waals surface area contributed by atoms with E-state index in [1.807, 2.05) is 4.98 Å². The normalized spacial score (nSPS) is 27.1. The molecule has 2 aromatic carbocycles. The molecule has 3 aliphatic rings. The van der Waals surface area contributed by atoms with Crippen molar-refractivity contribution >= 4 is 57.3 Å². The standard InChI is InChI=1S/C49H65F2N7O15P2SSi/c1-49(2,3)77(4,5)68-25-13-11-9-7-6-8-10-12-24-65-33-20-16-32(17-21-33)47(60)69-34-18-14-31(15-19-34)28-76-75(64)67-27-36-41(38(50)46(71-36)58-30-55-40-43(52)53-29-54-44(40)58)72-74(62,63)66-26-35-42(73-75)39(51)45(70-35)57-23-22-37(59)56-48(57)61/h14-23,29-30,35-36,38-39,41-42,45-46H,6-13,24-28H2,1-5H3,(H,62,63)(H2,52,53,54)(H,56,59,61)/q-1/t35-,36-,38-,39-,41-,42-,45-,46-,75?/m1/s1. The maximum absolute atomic E-state index is 16.6. The SMILES string of the molecule is CC(C)(C)[Si-](C)(C)OCCCCCCCCCCOc1ccc(C(=O)Oc2ccc(CSP3(=O)OC[C@H]4O[C@@H](n5cnc6c(N)ncnc65)[C@H](F)[C@@H]4OP(=O)(O)OC[C@H]4O[C@@H](n5ccc(=O)[nH]c5=O)[C@H](F)[C@@H]4O3)cc2)cc1. The summed E-state index contributed by atoms with van der Waals surface area (Å²) < 4.78 is 115. The first-order valence-electron chi connectivity index (χ1n) is 25.3. The van der Waals surface area contributed by atoms with E-state index in [-0.39, 0.29) is 33.5 Å². The summed E-state index contributed by atoms with van der Waals surface area (Å²) in [6.45, 7) is 6.35. The Bertz CT molecular complexity index is 3030. The Kier molecular flexibility index (Phi) is 19.1. The monoisotopic (exact) mass is 1150 g/mol. The van der Waals surface area contributed by atoms with Crippen molar-refractivity contribution in [2.24, 2.45) is 0 Å². The summed E-state index contributed by atoms with van der Waals surface area (Å²) in [6, 6.07) is 13.8. The molecule has 28 heteroatoms. The molecule has 0 bridgehead atoms. The number of aromatic nitrogens is 6. The van der Waals surface area contributed by atoms with Crippen LogP contribution in [0.2, 0.25) is 18.1 Å². The Morgan fingerprint density at radius 3 is 2.06 bits per heavy atom. The number of nitrogens with two attached hydrogens (primary N) is 1. The lowest BCUT2D eigenvalue weighted by atomic mass is 10.1. The molecule has 22 nitrogen and oxygen atoms in total. The van der Waals surface area contributed by atoms with Gasteiger partial charge in [-0.1, -0.05) is 71.4 Å². The number of nitrogens with one attached hydrogen (secondary N) is 1. The van der Waals surface area contributed by atoms with Gasteiger partial charge >= 0.3 is 26.3 Å². The van der Waals surface area contributed by atoms with Gasteiger partial charge in [0.15, 0.2) is 36.3 Å². The van der Waals surface area contributed by atoms with Crippen LogP contribution in [-0.4, -0.2) is 111 Å². The summed E-state index contributed by atoms with van der Waals surface area (Å²) in [5, 5.41) is 0.235. The second-order valence-electron chi connectivity index (χ2n) is 20.4.